The monoisotopic (exact) mass is 2070 g/mol. The van der Waals surface area contributed by atoms with Gasteiger partial charge in [-0.1, -0.05) is 76.2 Å². The maximum atomic E-state index is 14.9. The normalized spacial score (nSPS) is 14.2. The van der Waals surface area contributed by atoms with Crippen LogP contribution in [-0.4, -0.2) is 137 Å². The van der Waals surface area contributed by atoms with Crippen molar-refractivity contribution in [1.82, 2.24) is 45.0 Å². The fourth-order valence-electron chi connectivity index (χ4n) is 10.8. The van der Waals surface area contributed by atoms with Crippen molar-refractivity contribution in [2.24, 2.45) is 0 Å². The first-order valence-electron chi connectivity index (χ1n) is 30.8. The van der Waals surface area contributed by atoms with Crippen LogP contribution in [-0.2, 0) is 9.59 Å². The Morgan fingerprint density at radius 3 is 1.18 bits per heavy atom. The van der Waals surface area contributed by atoms with E-state index in [-0.39, 0.29) is 77.2 Å². The zero-order chi connectivity index (χ0) is 72.9. The molecule has 12 rings (SSSR count). The number of allylic oxidation sites excluding steroid dienone is 1. The van der Waals surface area contributed by atoms with Gasteiger partial charge in [0.2, 0.25) is 5.91 Å². The van der Waals surface area contributed by atoms with Gasteiger partial charge in [-0.05, 0) is 106 Å². The summed E-state index contributed by atoms with van der Waals surface area (Å²) >= 11 is 45.3. The van der Waals surface area contributed by atoms with Gasteiger partial charge in [0.05, 0.1) is 85.1 Å². The number of nitrogens with one attached hydrogen (secondary N) is 4. The number of likely N-dealkylation sites (tertiary alicyclic amines) is 2. The van der Waals surface area contributed by atoms with E-state index in [0.717, 1.165) is 51.9 Å². The first-order valence-corrected chi connectivity index (χ1v) is 51.9. The van der Waals surface area contributed by atoms with Crippen LogP contribution in [0.2, 0.25) is 30.1 Å². The molecule has 540 valence electrons. The van der Waals surface area contributed by atoms with Gasteiger partial charge in [-0.2, -0.15) is 0 Å². The molecule has 20 nitrogen and oxygen atoms in total. The number of anilines is 6. The van der Waals surface area contributed by atoms with Gasteiger partial charge in [0, 0.05) is 124 Å². The van der Waals surface area contributed by atoms with Crippen LogP contribution in [0, 0.1) is 17.5 Å². The summed E-state index contributed by atoms with van der Waals surface area (Å²) in [5, 5.41) is 14.0. The molecule has 3 saturated heterocycles. The van der Waals surface area contributed by atoms with Crippen LogP contribution < -0.4 is 62.9 Å². The zero-order valence-electron chi connectivity index (χ0n) is 54.2. The number of benzene rings is 6. The number of hydrogen-bond donors (Lipinski definition) is 4. The quantitative estimate of drug-likeness (QED) is 0.0336. The predicted molar refractivity (Wildman–Crippen MR) is 426 cm³/mol. The van der Waals surface area contributed by atoms with E-state index < -0.39 is 17.5 Å². The average molecular weight is 2070 g/mol. The minimum absolute atomic E-state index is 0.0185. The molecule has 1 amide bonds. The molecule has 0 bridgehead atoms. The minimum atomic E-state index is -0.699. The molecule has 0 saturated carbocycles. The second-order valence-corrected chi connectivity index (χ2v) is 40.9. The van der Waals surface area contributed by atoms with Crippen molar-refractivity contribution in [1.29, 1.82) is 0 Å². The molecule has 34 heteroatoms. The van der Waals surface area contributed by atoms with E-state index in [9.17, 15) is 22.8 Å². The van der Waals surface area contributed by atoms with Crippen molar-refractivity contribution in [2.75, 3.05) is 83.1 Å². The van der Waals surface area contributed by atoms with E-state index in [0.29, 0.717) is 137 Å². The summed E-state index contributed by atoms with van der Waals surface area (Å²) in [6, 6.07) is 19.6. The standard InChI is InChI=1S/C43H40Cl4F2N8O5.C20H19Cl2FN4O2.C4H6O.I3.I2/c1-59-33-19-31-25(42(52-21-50-31)54-29-5-3-27(44)38(46)40(29)48)17-35(33)61-23-7-12-56(13-8-23)14-11-37(58)57-15-9-24(10-16-57)62-36-18-26-32(20-34(36)60-2)51-22-53-43(26)55-30-6-4-28(45)39(47)41(30)49;1-28-16-9-15-12(8-17(16)29-11-4-6-24-7-5-11)20(26-10-25-15)27-14-3-2-13(21)18(22)19(14)23;1-3-4(2)5;1-3-2;1-2/h3-6,17-24H,7-16H2,1-2H3,(H,50,52,54)(H,51,53,55);2-3,8-11,24H,4-7H2,1H3,(H,25,26,27);3H,1H2,2H3;;/q;;;-1;. The van der Waals surface area contributed by atoms with Gasteiger partial charge in [-0.25, -0.2) is 43.1 Å². The van der Waals surface area contributed by atoms with Crippen LogP contribution in [0.1, 0.15) is 51.9 Å². The van der Waals surface area contributed by atoms with E-state index in [4.69, 9.17) is 98.0 Å². The van der Waals surface area contributed by atoms with Crippen LogP contribution in [0.15, 0.2) is 104 Å². The first kappa shape index (κ1) is 82.2. The van der Waals surface area contributed by atoms with Crippen LogP contribution in [0.4, 0.5) is 47.7 Å². The van der Waals surface area contributed by atoms with E-state index in [2.05, 4.69) is 137 Å². The Morgan fingerprint density at radius 2 is 0.861 bits per heavy atom. The fourth-order valence-corrected chi connectivity index (χ4v) is 11.8. The van der Waals surface area contributed by atoms with Crippen LogP contribution >= 0.6 is 144 Å². The number of ketones is 1. The Balaban J connectivity index is 0.000000274. The Bertz CT molecular complexity index is 4370. The first-order chi connectivity index (χ1) is 48.7. The number of aromatic nitrogens is 6. The number of nitrogens with zero attached hydrogens (tertiary/aromatic N) is 8. The third-order valence-corrected chi connectivity index (χ3v) is 18.4. The molecule has 3 aliphatic rings. The van der Waals surface area contributed by atoms with Gasteiger partial charge in [-0.15, -0.1) is 0 Å². The Hall–Kier alpha value is -4.48. The third-order valence-electron chi connectivity index (χ3n) is 16.1. The summed E-state index contributed by atoms with van der Waals surface area (Å²) in [7, 11) is 4.70. The number of fused-ring (bicyclic) bond motifs is 3. The molecule has 101 heavy (non-hydrogen) atoms. The van der Waals surface area contributed by atoms with Gasteiger partial charge in [0.15, 0.2) is 57.7 Å². The van der Waals surface area contributed by atoms with Gasteiger partial charge >= 0.3 is 50.5 Å². The third kappa shape index (κ3) is 22.3. The van der Waals surface area contributed by atoms with E-state index >= 15 is 0 Å². The number of methoxy groups -OCH3 is 3. The van der Waals surface area contributed by atoms with Crippen molar-refractivity contribution in [2.45, 2.75) is 70.2 Å². The molecule has 4 N–H and O–H groups in total. The molecule has 9 aromatic rings. The zero-order valence-corrected chi connectivity index (χ0v) is 69.5. The second kappa shape index (κ2) is 40.9. The second-order valence-electron chi connectivity index (χ2n) is 22.3. The predicted octanol–water partition coefficient (Wildman–Crippen LogP) is 16.5. The molecule has 6 aromatic carbocycles. The summed E-state index contributed by atoms with van der Waals surface area (Å²) in [6.45, 7) is 9.76. The molecule has 0 radical (unpaired) electrons. The van der Waals surface area contributed by atoms with Crippen molar-refractivity contribution >= 4 is 223 Å². The molecular weight excluding hydrogens is 2010 g/mol. The summed E-state index contributed by atoms with van der Waals surface area (Å²) < 4.78 is 80.1. The molecule has 0 atom stereocenters. The van der Waals surface area contributed by atoms with E-state index in [1.165, 1.54) is 68.4 Å². The summed E-state index contributed by atoms with van der Waals surface area (Å²) in [4.78, 5) is 53.2. The number of piperidine rings is 3. The van der Waals surface area contributed by atoms with Gasteiger partial charge in [0.1, 0.15) is 54.7 Å². The number of ether oxygens (including phenoxy) is 6. The summed E-state index contributed by atoms with van der Waals surface area (Å²) in [6.07, 6.45) is 10.2. The molecule has 0 unspecified atom stereocenters. The van der Waals surface area contributed by atoms with Crippen molar-refractivity contribution in [3.8, 4) is 34.5 Å². The maximum absolute atomic E-state index is 14.9. The van der Waals surface area contributed by atoms with Gasteiger partial charge in [0.25, 0.3) is 0 Å². The van der Waals surface area contributed by atoms with Crippen molar-refractivity contribution in [3.05, 3.63) is 152 Å². The van der Waals surface area contributed by atoms with Crippen LogP contribution in [0.25, 0.3) is 32.7 Å². The number of amides is 1. The van der Waals surface area contributed by atoms with Crippen LogP contribution in [0.5, 0.6) is 34.5 Å². The Kier molecular flexibility index (Phi) is 33.2. The Morgan fingerprint density at radius 1 is 0.545 bits per heavy atom. The molecule has 6 heterocycles. The number of hydrogen-bond acceptors (Lipinski definition) is 19. The molecule has 0 aliphatic carbocycles. The SMILES string of the molecule is C=CC(C)=O.COc1cc2ncnc(Nc3ccc(Cl)c(Cl)c3F)c2cc1OC1CCN(CCC(=O)N2CCC(Oc3cc4c(Nc5ccc(Cl)c(Cl)c5F)ncnc4cc3OC)CC2)CC1.COc1cc2ncnc(Nc3ccc(Cl)c(Cl)c3F)c2cc1OC1CCNCC1.II.I[I-]I. The van der Waals surface area contributed by atoms with Crippen LogP contribution in [0.3, 0.4) is 0 Å². The summed E-state index contributed by atoms with van der Waals surface area (Å²) in [5.41, 5.74) is 2.16. The van der Waals surface area contributed by atoms with Crippen molar-refractivity contribution in [3.63, 3.8) is 0 Å². The van der Waals surface area contributed by atoms with Crippen molar-refractivity contribution < 1.29 is 64.4 Å². The van der Waals surface area contributed by atoms with E-state index in [1.807, 2.05) is 11.0 Å². The topological polar surface area (TPSA) is 221 Å². The fraction of sp³-hybridized carbons (Fsp3) is 0.313. The number of rotatable bonds is 19. The molecule has 0 spiro atoms. The van der Waals surface area contributed by atoms with E-state index in [1.54, 1.807) is 51.7 Å². The molecule has 3 fully saturated rings. The van der Waals surface area contributed by atoms with Gasteiger partial charge in [-0.3, -0.25) is 9.59 Å². The summed E-state index contributed by atoms with van der Waals surface area (Å²) in [5.74, 6) is 2.39. The number of halogens is 14. The average Bonchev–Trinajstić information content (AvgIpc) is 0.798. The van der Waals surface area contributed by atoms with Gasteiger partial charge < -0.3 is 59.5 Å². The molecule has 3 aliphatic heterocycles. The number of carbonyl (C=O) groups is 2. The molecule has 3 aromatic heterocycles. The Labute approximate surface area is 664 Å². The number of carbonyl (C=O) groups excluding carboxylic acids is 2. The molecular formula is C67H65Cl6F3I5N12O8-.